The van der Waals surface area contributed by atoms with Gasteiger partial charge in [0.2, 0.25) is 5.91 Å². The van der Waals surface area contributed by atoms with E-state index in [0.29, 0.717) is 36.6 Å². The van der Waals surface area contributed by atoms with E-state index in [1.807, 2.05) is 0 Å². The maximum atomic E-state index is 12.6. The molecule has 2 aromatic rings. The SMILES string of the molecule is CC(C)(C)OC(=O)N[C@@H](Cc1c[nH]cn1)C(=O)NCCCOc1cccc(C(=N)N)c1.O=C(O)C(F)(F)F.O=C(O)C(F)(F)F. The fraction of sp³-hybridized carbons (Fsp3) is 0.440. The summed E-state index contributed by atoms with van der Waals surface area (Å²) < 4.78 is 74.4. The van der Waals surface area contributed by atoms with Crippen LogP contribution >= 0.6 is 0 Å². The van der Waals surface area contributed by atoms with Crippen molar-refractivity contribution in [2.24, 2.45) is 5.73 Å². The van der Waals surface area contributed by atoms with Crippen molar-refractivity contribution in [1.29, 1.82) is 5.41 Å². The van der Waals surface area contributed by atoms with E-state index in [0.717, 1.165) is 0 Å². The van der Waals surface area contributed by atoms with Gasteiger partial charge >= 0.3 is 30.4 Å². The van der Waals surface area contributed by atoms with Crippen molar-refractivity contribution in [3.8, 4) is 5.75 Å². The lowest BCUT2D eigenvalue weighted by Gasteiger charge is -2.23. The molecule has 1 aromatic heterocycles. The van der Waals surface area contributed by atoms with Gasteiger partial charge in [0.05, 0.1) is 18.6 Å². The summed E-state index contributed by atoms with van der Waals surface area (Å²) in [6.45, 7) is 5.98. The van der Waals surface area contributed by atoms with E-state index in [2.05, 4.69) is 20.6 Å². The van der Waals surface area contributed by atoms with Crippen LogP contribution in [-0.4, -0.2) is 87.1 Å². The number of amidine groups is 1. The molecule has 0 saturated carbocycles. The first-order chi connectivity index (χ1) is 20.5. The van der Waals surface area contributed by atoms with Crippen LogP contribution in [0.1, 0.15) is 38.4 Å². The highest BCUT2D eigenvalue weighted by Gasteiger charge is 2.38. The number of nitrogens with two attached hydrogens (primary N) is 1. The number of carbonyl (C=O) groups is 4. The number of carboxylic acids is 2. The second-order valence-corrected chi connectivity index (χ2v) is 9.50. The third kappa shape index (κ3) is 19.0. The highest BCUT2D eigenvalue weighted by Crippen LogP contribution is 2.14. The normalized spacial score (nSPS) is 11.8. The van der Waals surface area contributed by atoms with Crippen molar-refractivity contribution in [3.63, 3.8) is 0 Å². The molecule has 0 fully saturated rings. The number of carbonyl (C=O) groups excluding carboxylic acids is 2. The average molecular weight is 659 g/mol. The van der Waals surface area contributed by atoms with E-state index < -0.39 is 42.0 Å². The van der Waals surface area contributed by atoms with Crippen LogP contribution in [0, 0.1) is 5.41 Å². The number of hydrogen-bond acceptors (Lipinski definition) is 8. The number of nitrogens with zero attached hydrogens (tertiary/aromatic N) is 1. The maximum Gasteiger partial charge on any atom is 0.490 e. The number of rotatable bonds is 10. The van der Waals surface area contributed by atoms with Gasteiger partial charge in [0.25, 0.3) is 0 Å². The van der Waals surface area contributed by atoms with Gasteiger partial charge in [-0.05, 0) is 39.3 Å². The number of alkyl halides is 6. The Morgan fingerprint density at radius 2 is 1.60 bits per heavy atom. The Balaban J connectivity index is 0.00000114. The van der Waals surface area contributed by atoms with Gasteiger partial charge in [0.1, 0.15) is 23.2 Å². The van der Waals surface area contributed by atoms with Crippen LogP contribution in [0.25, 0.3) is 0 Å². The molecule has 0 radical (unpaired) electrons. The fourth-order valence-electron chi connectivity index (χ4n) is 2.62. The third-order valence-corrected chi connectivity index (χ3v) is 4.49. The second-order valence-electron chi connectivity index (χ2n) is 9.50. The summed E-state index contributed by atoms with van der Waals surface area (Å²) in [5.74, 6) is -5.28. The number of H-pyrrole nitrogens is 1. The number of aromatic nitrogens is 2. The number of ether oxygens (including phenoxy) is 2. The van der Waals surface area contributed by atoms with Crippen LogP contribution in [0.15, 0.2) is 36.8 Å². The molecule has 0 bridgehead atoms. The molecule has 20 heteroatoms. The van der Waals surface area contributed by atoms with Gasteiger partial charge in [0.15, 0.2) is 0 Å². The largest absolute Gasteiger partial charge is 0.494 e. The molecule has 8 N–H and O–H groups in total. The first-order valence-electron chi connectivity index (χ1n) is 12.4. The molecule has 0 aliphatic heterocycles. The summed E-state index contributed by atoms with van der Waals surface area (Å²) in [6.07, 6.45) is -6.88. The minimum absolute atomic E-state index is 0.0295. The predicted molar refractivity (Wildman–Crippen MR) is 143 cm³/mol. The number of benzene rings is 1. The van der Waals surface area contributed by atoms with Crippen LogP contribution in [0.5, 0.6) is 5.75 Å². The molecule has 0 spiro atoms. The Bertz CT molecular complexity index is 1240. The number of amides is 2. The van der Waals surface area contributed by atoms with Gasteiger partial charge < -0.3 is 41.0 Å². The number of carboxylic acid groups (broad SMARTS) is 2. The Labute approximate surface area is 251 Å². The molecule has 45 heavy (non-hydrogen) atoms. The van der Waals surface area contributed by atoms with Gasteiger partial charge in [-0.2, -0.15) is 26.3 Å². The quantitative estimate of drug-likeness (QED) is 0.0854. The molecular weight excluding hydrogens is 626 g/mol. The van der Waals surface area contributed by atoms with E-state index in [1.54, 1.807) is 51.2 Å². The molecular formula is C25H32F6N6O8. The highest BCUT2D eigenvalue weighted by atomic mass is 19.4. The summed E-state index contributed by atoms with van der Waals surface area (Å²) >= 11 is 0. The monoisotopic (exact) mass is 658 g/mol. The lowest BCUT2D eigenvalue weighted by molar-refractivity contribution is -0.193. The van der Waals surface area contributed by atoms with Crippen molar-refractivity contribution in [2.75, 3.05) is 13.2 Å². The van der Waals surface area contributed by atoms with Crippen LogP contribution in [0.3, 0.4) is 0 Å². The molecule has 252 valence electrons. The Morgan fingerprint density at radius 1 is 1.04 bits per heavy atom. The number of aliphatic carboxylic acids is 2. The number of aromatic amines is 1. The standard InChI is InChI=1S/C21H30N6O4.2C2HF3O2/c1-21(2,3)31-20(29)27-17(11-15-12-24-13-26-15)19(28)25-8-5-9-30-16-7-4-6-14(10-16)18(22)23;2*3-2(4,5)1(6)7/h4,6-7,10,12-13,17H,5,8-9,11H2,1-3H3,(H3,22,23)(H,24,26)(H,25,28)(H,27,29);2*(H,6,7)/t17-;;/m0../s1. The molecule has 1 aromatic carbocycles. The van der Waals surface area contributed by atoms with Crippen molar-refractivity contribution in [2.45, 2.75) is 57.6 Å². The molecule has 1 atom stereocenters. The van der Waals surface area contributed by atoms with E-state index in [4.69, 9.17) is 40.4 Å². The number of imidazole rings is 1. The topological polar surface area (TPSA) is 230 Å². The van der Waals surface area contributed by atoms with Crippen LogP contribution < -0.4 is 21.1 Å². The summed E-state index contributed by atoms with van der Waals surface area (Å²) in [5, 5.41) is 27.1. The second kappa shape index (κ2) is 17.9. The number of nitrogen functional groups attached to an aromatic ring is 1. The van der Waals surface area contributed by atoms with Crippen LogP contribution in [-0.2, 0) is 25.5 Å². The van der Waals surface area contributed by atoms with Gasteiger partial charge in [-0.25, -0.2) is 19.4 Å². The van der Waals surface area contributed by atoms with E-state index in [-0.39, 0.29) is 18.2 Å². The number of nitrogens with one attached hydrogen (secondary N) is 4. The summed E-state index contributed by atoms with van der Waals surface area (Å²) in [4.78, 5) is 49.5. The highest BCUT2D eigenvalue weighted by molar-refractivity contribution is 5.95. The van der Waals surface area contributed by atoms with Crippen molar-refractivity contribution in [1.82, 2.24) is 20.6 Å². The van der Waals surface area contributed by atoms with Crippen molar-refractivity contribution >= 4 is 29.8 Å². The summed E-state index contributed by atoms with van der Waals surface area (Å²) in [5.41, 5.74) is 6.03. The Morgan fingerprint density at radius 3 is 2.04 bits per heavy atom. The van der Waals surface area contributed by atoms with Crippen LogP contribution in [0.2, 0.25) is 0 Å². The zero-order chi connectivity index (χ0) is 35.0. The maximum absolute atomic E-state index is 12.6. The van der Waals surface area contributed by atoms with Gasteiger partial charge in [-0.15, -0.1) is 0 Å². The molecule has 0 saturated heterocycles. The summed E-state index contributed by atoms with van der Waals surface area (Å²) in [7, 11) is 0. The predicted octanol–water partition coefficient (Wildman–Crippen LogP) is 2.98. The lowest BCUT2D eigenvalue weighted by atomic mass is 10.1. The third-order valence-electron chi connectivity index (χ3n) is 4.49. The number of hydrogen-bond donors (Lipinski definition) is 7. The molecule has 2 rings (SSSR count). The smallest absolute Gasteiger partial charge is 0.490 e. The zero-order valence-corrected chi connectivity index (χ0v) is 24.0. The van der Waals surface area contributed by atoms with Crippen LogP contribution in [0.4, 0.5) is 31.1 Å². The molecule has 2 amide bonds. The molecule has 0 aliphatic carbocycles. The molecule has 0 unspecified atom stereocenters. The Kier molecular flexibility index (Phi) is 15.9. The summed E-state index contributed by atoms with van der Waals surface area (Å²) in [6, 6.07) is 6.12. The van der Waals surface area contributed by atoms with Crippen molar-refractivity contribution < 1.29 is 65.2 Å². The van der Waals surface area contributed by atoms with Gasteiger partial charge in [-0.3, -0.25) is 10.2 Å². The van der Waals surface area contributed by atoms with Gasteiger partial charge in [0, 0.05) is 24.7 Å². The lowest BCUT2D eigenvalue weighted by Crippen LogP contribution is -2.49. The molecule has 0 aliphatic rings. The number of alkyl carbamates (subject to hydrolysis) is 1. The minimum atomic E-state index is -5.08. The average Bonchev–Trinajstić information content (AvgIpc) is 3.40. The molecule has 1 heterocycles. The van der Waals surface area contributed by atoms with E-state index >= 15 is 0 Å². The van der Waals surface area contributed by atoms with Gasteiger partial charge in [-0.1, -0.05) is 12.1 Å². The number of halogens is 6. The first-order valence-corrected chi connectivity index (χ1v) is 12.4. The van der Waals surface area contributed by atoms with E-state index in [9.17, 15) is 35.9 Å². The molecule has 14 nitrogen and oxygen atoms in total. The van der Waals surface area contributed by atoms with E-state index in [1.165, 1.54) is 6.33 Å². The van der Waals surface area contributed by atoms with Crippen molar-refractivity contribution in [3.05, 3.63) is 48.0 Å². The zero-order valence-electron chi connectivity index (χ0n) is 24.0. The first kappa shape index (κ1) is 40.0. The minimum Gasteiger partial charge on any atom is -0.494 e. The fourth-order valence-corrected chi connectivity index (χ4v) is 2.62. The Hall–Kier alpha value is -5.04.